The lowest BCUT2D eigenvalue weighted by molar-refractivity contribution is -0.134. The first-order valence-corrected chi connectivity index (χ1v) is 8.42. The predicted molar refractivity (Wildman–Crippen MR) is 93.5 cm³/mol. The van der Waals surface area contributed by atoms with Crippen molar-refractivity contribution in [3.8, 4) is 5.75 Å². The first-order chi connectivity index (χ1) is 12.2. The molecular weight excluding hydrogens is 318 g/mol. The zero-order chi connectivity index (χ0) is 17.6. The number of hydrogen-bond donors (Lipinski definition) is 0. The van der Waals surface area contributed by atoms with E-state index >= 15 is 0 Å². The average molecular weight is 339 g/mol. The third-order valence-electron chi connectivity index (χ3n) is 4.19. The van der Waals surface area contributed by atoms with Gasteiger partial charge in [0.2, 0.25) is 0 Å². The highest BCUT2D eigenvalue weighted by atomic mass is 16.5. The Balaban J connectivity index is 1.58. The van der Waals surface area contributed by atoms with E-state index in [-0.39, 0.29) is 12.5 Å². The van der Waals surface area contributed by atoms with Crippen molar-refractivity contribution in [3.05, 3.63) is 65.2 Å². The fraction of sp³-hybridized carbons (Fsp3) is 0.300. The summed E-state index contributed by atoms with van der Waals surface area (Å²) in [6.07, 6.45) is 0.861. The van der Waals surface area contributed by atoms with Crippen LogP contribution in [0.3, 0.4) is 0 Å². The molecule has 0 saturated carbocycles. The van der Waals surface area contributed by atoms with Crippen LogP contribution >= 0.6 is 0 Å². The van der Waals surface area contributed by atoms with Gasteiger partial charge in [0.05, 0.1) is 12.2 Å². The smallest absolute Gasteiger partial charge is 0.338 e. The van der Waals surface area contributed by atoms with E-state index in [0.717, 1.165) is 6.42 Å². The zero-order valence-electron chi connectivity index (χ0n) is 14.2. The van der Waals surface area contributed by atoms with Crippen molar-refractivity contribution < 1.29 is 19.1 Å². The van der Waals surface area contributed by atoms with E-state index in [4.69, 9.17) is 9.47 Å². The fourth-order valence-electron chi connectivity index (χ4n) is 2.87. The summed E-state index contributed by atoms with van der Waals surface area (Å²) >= 11 is 0. The highest BCUT2D eigenvalue weighted by Crippen LogP contribution is 2.19. The van der Waals surface area contributed by atoms with Crippen molar-refractivity contribution in [2.24, 2.45) is 0 Å². The van der Waals surface area contributed by atoms with Gasteiger partial charge >= 0.3 is 5.97 Å². The zero-order valence-corrected chi connectivity index (χ0v) is 14.2. The van der Waals surface area contributed by atoms with Crippen LogP contribution in [0, 0.1) is 0 Å². The van der Waals surface area contributed by atoms with Gasteiger partial charge in [-0.05, 0) is 42.7 Å². The molecule has 0 bridgehead atoms. The van der Waals surface area contributed by atoms with Crippen molar-refractivity contribution in [3.63, 3.8) is 0 Å². The molecular formula is C20H21NO4. The van der Waals surface area contributed by atoms with Crippen LogP contribution in [0.1, 0.15) is 28.4 Å². The van der Waals surface area contributed by atoms with Crippen LogP contribution in [-0.2, 0) is 22.5 Å². The van der Waals surface area contributed by atoms with Gasteiger partial charge < -0.3 is 14.4 Å². The molecule has 0 spiro atoms. The van der Waals surface area contributed by atoms with Gasteiger partial charge in [0, 0.05) is 13.1 Å². The molecule has 0 atom stereocenters. The number of fused-ring (bicyclic) bond motifs is 1. The Hall–Kier alpha value is -2.82. The molecule has 25 heavy (non-hydrogen) atoms. The van der Waals surface area contributed by atoms with Crippen molar-refractivity contribution in [1.29, 1.82) is 0 Å². The van der Waals surface area contributed by atoms with Crippen LogP contribution in [-0.4, -0.2) is 36.5 Å². The molecule has 2 aromatic carbocycles. The molecule has 130 valence electrons. The minimum atomic E-state index is -0.396. The largest absolute Gasteiger partial charge is 0.484 e. The maximum Gasteiger partial charge on any atom is 0.338 e. The van der Waals surface area contributed by atoms with Gasteiger partial charge in [0.15, 0.2) is 6.61 Å². The van der Waals surface area contributed by atoms with E-state index in [9.17, 15) is 9.59 Å². The second-order valence-corrected chi connectivity index (χ2v) is 5.87. The molecule has 2 aromatic rings. The molecule has 0 unspecified atom stereocenters. The molecule has 0 aromatic heterocycles. The Kier molecular flexibility index (Phi) is 5.33. The fourth-order valence-corrected chi connectivity index (χ4v) is 2.87. The summed E-state index contributed by atoms with van der Waals surface area (Å²) in [6, 6.07) is 14.9. The summed E-state index contributed by atoms with van der Waals surface area (Å²) in [4.78, 5) is 26.0. The van der Waals surface area contributed by atoms with E-state index in [1.165, 1.54) is 11.1 Å². The molecule has 1 amide bonds. The van der Waals surface area contributed by atoms with Crippen LogP contribution in [0.25, 0.3) is 0 Å². The molecule has 0 N–H and O–H groups in total. The minimum absolute atomic E-state index is 0.0472. The van der Waals surface area contributed by atoms with E-state index in [2.05, 4.69) is 12.1 Å². The lowest BCUT2D eigenvalue weighted by Crippen LogP contribution is -2.38. The highest BCUT2D eigenvalue weighted by molar-refractivity contribution is 5.89. The Labute approximate surface area is 147 Å². The van der Waals surface area contributed by atoms with E-state index in [1.807, 2.05) is 12.1 Å². The standard InChI is InChI=1S/C20H21NO4/c1-2-24-20(23)16-8-5-9-18(12-16)25-14-19(22)21-11-10-15-6-3-4-7-17(15)13-21/h3-9,12H,2,10-11,13-14H2,1H3. The van der Waals surface area contributed by atoms with Gasteiger partial charge in [-0.25, -0.2) is 4.79 Å². The number of carbonyl (C=O) groups is 2. The molecule has 1 aliphatic rings. The quantitative estimate of drug-likeness (QED) is 0.786. The highest BCUT2D eigenvalue weighted by Gasteiger charge is 2.20. The number of carbonyl (C=O) groups excluding carboxylic acids is 2. The lowest BCUT2D eigenvalue weighted by atomic mass is 10.00. The number of nitrogens with zero attached hydrogens (tertiary/aromatic N) is 1. The molecule has 0 radical (unpaired) electrons. The van der Waals surface area contributed by atoms with E-state index < -0.39 is 5.97 Å². The first kappa shape index (κ1) is 17.0. The van der Waals surface area contributed by atoms with Gasteiger partial charge in [0.25, 0.3) is 5.91 Å². The van der Waals surface area contributed by atoms with Gasteiger partial charge in [-0.1, -0.05) is 30.3 Å². The van der Waals surface area contributed by atoms with Crippen molar-refractivity contribution >= 4 is 11.9 Å². The maximum atomic E-state index is 12.4. The number of benzene rings is 2. The molecule has 0 aliphatic carbocycles. The third kappa shape index (κ3) is 4.18. The molecule has 0 saturated heterocycles. The van der Waals surface area contributed by atoms with Crippen molar-refractivity contribution in [1.82, 2.24) is 4.90 Å². The van der Waals surface area contributed by atoms with Gasteiger partial charge in [-0.3, -0.25) is 4.79 Å². The lowest BCUT2D eigenvalue weighted by Gasteiger charge is -2.28. The SMILES string of the molecule is CCOC(=O)c1cccc(OCC(=O)N2CCc3ccccc3C2)c1. The average Bonchev–Trinajstić information content (AvgIpc) is 2.66. The van der Waals surface area contributed by atoms with Gasteiger partial charge in [-0.15, -0.1) is 0 Å². The van der Waals surface area contributed by atoms with E-state index in [1.54, 1.807) is 36.1 Å². The normalized spacial score (nSPS) is 13.1. The monoisotopic (exact) mass is 339 g/mol. The molecule has 1 aliphatic heterocycles. The number of amides is 1. The second-order valence-electron chi connectivity index (χ2n) is 5.87. The Bertz CT molecular complexity index is 772. The number of ether oxygens (including phenoxy) is 2. The Morgan fingerprint density at radius 1 is 1.08 bits per heavy atom. The first-order valence-electron chi connectivity index (χ1n) is 8.42. The maximum absolute atomic E-state index is 12.4. The van der Waals surface area contributed by atoms with Crippen LogP contribution in [0.15, 0.2) is 48.5 Å². The Morgan fingerprint density at radius 3 is 2.68 bits per heavy atom. The van der Waals surface area contributed by atoms with Crippen LogP contribution < -0.4 is 4.74 Å². The van der Waals surface area contributed by atoms with Crippen LogP contribution in [0.4, 0.5) is 0 Å². The van der Waals surface area contributed by atoms with Gasteiger partial charge in [0.1, 0.15) is 5.75 Å². The summed E-state index contributed by atoms with van der Waals surface area (Å²) in [7, 11) is 0. The molecule has 1 heterocycles. The van der Waals surface area contributed by atoms with Crippen LogP contribution in [0.2, 0.25) is 0 Å². The molecule has 0 fully saturated rings. The third-order valence-corrected chi connectivity index (χ3v) is 4.19. The molecule has 3 rings (SSSR count). The summed E-state index contributed by atoms with van der Waals surface area (Å²) in [5, 5.41) is 0. The summed E-state index contributed by atoms with van der Waals surface area (Å²) in [5.74, 6) is 0.0271. The molecule has 5 nitrogen and oxygen atoms in total. The summed E-state index contributed by atoms with van der Waals surface area (Å²) < 4.78 is 10.5. The number of rotatable bonds is 5. The summed E-state index contributed by atoms with van der Waals surface area (Å²) in [6.45, 7) is 3.34. The van der Waals surface area contributed by atoms with Crippen molar-refractivity contribution in [2.45, 2.75) is 19.9 Å². The van der Waals surface area contributed by atoms with Crippen molar-refractivity contribution in [2.75, 3.05) is 19.8 Å². The minimum Gasteiger partial charge on any atom is -0.484 e. The Morgan fingerprint density at radius 2 is 1.88 bits per heavy atom. The summed E-state index contributed by atoms with van der Waals surface area (Å²) in [5.41, 5.74) is 2.90. The number of esters is 1. The number of hydrogen-bond acceptors (Lipinski definition) is 4. The van der Waals surface area contributed by atoms with Gasteiger partial charge in [-0.2, -0.15) is 0 Å². The molecule has 5 heteroatoms. The van der Waals surface area contributed by atoms with E-state index in [0.29, 0.717) is 31.0 Å². The predicted octanol–water partition coefficient (Wildman–Crippen LogP) is 2.83. The second kappa shape index (κ2) is 7.83. The van der Waals surface area contributed by atoms with Crippen LogP contribution in [0.5, 0.6) is 5.75 Å². The topological polar surface area (TPSA) is 55.8 Å².